The first-order valence-corrected chi connectivity index (χ1v) is 8.65. The summed E-state index contributed by atoms with van der Waals surface area (Å²) in [5, 5.41) is 2.97. The van der Waals surface area contributed by atoms with E-state index < -0.39 is 5.24 Å². The van der Waals surface area contributed by atoms with Gasteiger partial charge in [-0.05, 0) is 42.3 Å². The summed E-state index contributed by atoms with van der Waals surface area (Å²) in [6.07, 6.45) is 12.1. The molecule has 0 saturated heterocycles. The van der Waals surface area contributed by atoms with E-state index in [4.69, 9.17) is 11.6 Å². The minimum Gasteiger partial charge on any atom is -0.385 e. The summed E-state index contributed by atoms with van der Waals surface area (Å²) in [6, 6.07) is 7.33. The molecule has 0 aliphatic rings. The molecule has 0 spiro atoms. The van der Waals surface area contributed by atoms with Crippen molar-refractivity contribution in [2.24, 2.45) is 0 Å². The fourth-order valence-electron chi connectivity index (χ4n) is 2.39. The van der Waals surface area contributed by atoms with Crippen molar-refractivity contribution in [3.63, 3.8) is 0 Å². The summed E-state index contributed by atoms with van der Waals surface area (Å²) in [5.74, 6) is 0. The lowest BCUT2D eigenvalue weighted by Gasteiger charge is -2.06. The Morgan fingerprint density at radius 1 is 0.905 bits per heavy atom. The third kappa shape index (κ3) is 8.77. The lowest BCUT2D eigenvalue weighted by Crippen LogP contribution is -2.01. The summed E-state index contributed by atoms with van der Waals surface area (Å²) < 4.78 is 0. The first-order valence-electron chi connectivity index (χ1n) is 8.28. The molecule has 0 aliphatic carbocycles. The van der Waals surface area contributed by atoms with Crippen LogP contribution in [-0.4, -0.2) is 11.8 Å². The molecule has 0 aliphatic heterocycles. The van der Waals surface area contributed by atoms with Gasteiger partial charge in [-0.15, -0.1) is 0 Å². The van der Waals surface area contributed by atoms with Crippen LogP contribution in [0.1, 0.15) is 75.1 Å². The van der Waals surface area contributed by atoms with Crippen LogP contribution >= 0.6 is 11.6 Å². The normalized spacial score (nSPS) is 10.6. The number of nitrogens with one attached hydrogen (secondary N) is 1. The number of carbonyl (C=O) groups is 1. The van der Waals surface area contributed by atoms with E-state index in [-0.39, 0.29) is 0 Å². The van der Waals surface area contributed by atoms with E-state index in [1.165, 1.54) is 57.8 Å². The van der Waals surface area contributed by atoms with Gasteiger partial charge in [0.05, 0.1) is 0 Å². The van der Waals surface area contributed by atoms with E-state index in [1.807, 2.05) is 12.1 Å². The summed E-state index contributed by atoms with van der Waals surface area (Å²) in [5.41, 5.74) is 1.60. The Morgan fingerprint density at radius 2 is 1.43 bits per heavy atom. The molecule has 1 N–H and O–H groups in total. The second-order valence-corrected chi connectivity index (χ2v) is 5.95. The number of benzene rings is 1. The number of hydrogen-bond acceptors (Lipinski definition) is 2. The molecule has 0 aromatic heterocycles. The lowest BCUT2D eigenvalue weighted by atomic mass is 10.1. The van der Waals surface area contributed by atoms with E-state index in [0.29, 0.717) is 5.56 Å². The molecule has 1 aromatic carbocycles. The molecule has 0 bridgehead atoms. The summed E-state index contributed by atoms with van der Waals surface area (Å²) >= 11 is 5.41. The molecule has 0 saturated carbocycles. The standard InChI is InChI=1S/C18H28ClNO/c1-2-3-4-5-6-7-8-9-10-15-20-17-13-11-16(12-14-17)18(19)21/h11-14,20H,2-10,15H2,1H3. The molecule has 1 aromatic rings. The third-order valence-electron chi connectivity index (χ3n) is 3.72. The van der Waals surface area contributed by atoms with Crippen LogP contribution in [0.3, 0.4) is 0 Å². The van der Waals surface area contributed by atoms with Gasteiger partial charge in [0.2, 0.25) is 0 Å². The molecule has 21 heavy (non-hydrogen) atoms. The van der Waals surface area contributed by atoms with Crippen molar-refractivity contribution < 1.29 is 4.79 Å². The van der Waals surface area contributed by atoms with E-state index in [1.54, 1.807) is 12.1 Å². The SMILES string of the molecule is CCCCCCCCCCCNc1ccc(C(=O)Cl)cc1. The van der Waals surface area contributed by atoms with Gasteiger partial charge in [0.15, 0.2) is 0 Å². The Labute approximate surface area is 134 Å². The molecule has 0 atom stereocenters. The zero-order chi connectivity index (χ0) is 15.3. The van der Waals surface area contributed by atoms with Gasteiger partial charge in [-0.2, -0.15) is 0 Å². The maximum Gasteiger partial charge on any atom is 0.252 e. The monoisotopic (exact) mass is 309 g/mol. The Hall–Kier alpha value is -1.02. The summed E-state index contributed by atoms with van der Waals surface area (Å²) in [4.78, 5) is 10.9. The largest absolute Gasteiger partial charge is 0.385 e. The number of hydrogen-bond donors (Lipinski definition) is 1. The fraction of sp³-hybridized carbons (Fsp3) is 0.611. The van der Waals surface area contributed by atoms with Crippen LogP contribution in [0.4, 0.5) is 5.69 Å². The number of unbranched alkanes of at least 4 members (excludes halogenated alkanes) is 8. The minimum atomic E-state index is -0.402. The first-order chi connectivity index (χ1) is 10.2. The quantitative estimate of drug-likeness (QED) is 0.378. The van der Waals surface area contributed by atoms with Crippen molar-refractivity contribution in [1.29, 1.82) is 0 Å². The topological polar surface area (TPSA) is 29.1 Å². The van der Waals surface area contributed by atoms with E-state index in [2.05, 4.69) is 12.2 Å². The highest BCUT2D eigenvalue weighted by molar-refractivity contribution is 6.67. The van der Waals surface area contributed by atoms with Crippen LogP contribution < -0.4 is 5.32 Å². The highest BCUT2D eigenvalue weighted by Crippen LogP contribution is 2.12. The predicted octanol–water partition coefficient (Wildman–Crippen LogP) is 6.01. The average molecular weight is 310 g/mol. The molecular weight excluding hydrogens is 282 g/mol. The molecule has 118 valence electrons. The molecule has 0 unspecified atom stereocenters. The Bertz CT molecular complexity index is 389. The Kier molecular flexibility index (Phi) is 9.98. The van der Waals surface area contributed by atoms with E-state index in [0.717, 1.165) is 12.2 Å². The van der Waals surface area contributed by atoms with Crippen molar-refractivity contribution in [2.75, 3.05) is 11.9 Å². The Morgan fingerprint density at radius 3 is 1.95 bits per heavy atom. The molecule has 0 fully saturated rings. The maximum absolute atomic E-state index is 10.9. The van der Waals surface area contributed by atoms with Gasteiger partial charge in [0.1, 0.15) is 0 Å². The molecular formula is C18H28ClNO. The molecule has 2 nitrogen and oxygen atoms in total. The predicted molar refractivity (Wildman–Crippen MR) is 92.3 cm³/mol. The molecule has 0 radical (unpaired) electrons. The van der Waals surface area contributed by atoms with Crippen molar-refractivity contribution in [3.8, 4) is 0 Å². The summed E-state index contributed by atoms with van der Waals surface area (Å²) in [6.45, 7) is 3.25. The van der Waals surface area contributed by atoms with E-state index in [9.17, 15) is 4.79 Å². The van der Waals surface area contributed by atoms with Gasteiger partial charge in [-0.3, -0.25) is 4.79 Å². The van der Waals surface area contributed by atoms with Gasteiger partial charge in [0.25, 0.3) is 5.24 Å². The van der Waals surface area contributed by atoms with Crippen LogP contribution in [0.2, 0.25) is 0 Å². The minimum absolute atomic E-state index is 0.402. The fourth-order valence-corrected chi connectivity index (χ4v) is 2.51. The number of halogens is 1. The van der Waals surface area contributed by atoms with Crippen LogP contribution in [-0.2, 0) is 0 Å². The van der Waals surface area contributed by atoms with Gasteiger partial charge in [0, 0.05) is 17.8 Å². The molecule has 3 heteroatoms. The highest BCUT2D eigenvalue weighted by atomic mass is 35.5. The number of anilines is 1. The number of rotatable bonds is 12. The van der Waals surface area contributed by atoms with Gasteiger partial charge < -0.3 is 5.32 Å². The van der Waals surface area contributed by atoms with Crippen molar-refractivity contribution in [3.05, 3.63) is 29.8 Å². The van der Waals surface area contributed by atoms with Gasteiger partial charge in [-0.25, -0.2) is 0 Å². The zero-order valence-corrected chi connectivity index (χ0v) is 13.9. The summed E-state index contributed by atoms with van der Waals surface area (Å²) in [7, 11) is 0. The highest BCUT2D eigenvalue weighted by Gasteiger charge is 2.00. The lowest BCUT2D eigenvalue weighted by molar-refractivity contribution is 0.108. The zero-order valence-electron chi connectivity index (χ0n) is 13.2. The van der Waals surface area contributed by atoms with E-state index >= 15 is 0 Å². The van der Waals surface area contributed by atoms with Crippen LogP contribution in [0.15, 0.2) is 24.3 Å². The smallest absolute Gasteiger partial charge is 0.252 e. The molecule has 0 amide bonds. The second-order valence-electron chi connectivity index (χ2n) is 5.61. The maximum atomic E-state index is 10.9. The van der Waals surface area contributed by atoms with Crippen LogP contribution in [0.5, 0.6) is 0 Å². The van der Waals surface area contributed by atoms with Crippen molar-refractivity contribution in [1.82, 2.24) is 0 Å². The average Bonchev–Trinajstić information content (AvgIpc) is 2.49. The third-order valence-corrected chi connectivity index (χ3v) is 3.94. The van der Waals surface area contributed by atoms with Gasteiger partial charge in [-0.1, -0.05) is 58.3 Å². The molecule has 0 heterocycles. The Balaban J connectivity index is 1.98. The second kappa shape index (κ2) is 11.6. The molecule has 1 rings (SSSR count). The number of carbonyl (C=O) groups excluding carboxylic acids is 1. The van der Waals surface area contributed by atoms with Crippen LogP contribution in [0, 0.1) is 0 Å². The first kappa shape index (κ1) is 18.0. The van der Waals surface area contributed by atoms with Gasteiger partial charge >= 0.3 is 0 Å². The van der Waals surface area contributed by atoms with Crippen LogP contribution in [0.25, 0.3) is 0 Å². The van der Waals surface area contributed by atoms with Crippen molar-refractivity contribution >= 4 is 22.5 Å². The van der Waals surface area contributed by atoms with Crippen molar-refractivity contribution in [2.45, 2.75) is 64.7 Å².